The highest BCUT2D eigenvalue weighted by atomic mass is 79.9. The summed E-state index contributed by atoms with van der Waals surface area (Å²) in [5.74, 6) is 0.976. The molecule has 4 heteroatoms. The Morgan fingerprint density at radius 1 is 1.43 bits per heavy atom. The van der Waals surface area contributed by atoms with Crippen molar-refractivity contribution in [2.24, 2.45) is 0 Å². The Labute approximate surface area is 136 Å². The van der Waals surface area contributed by atoms with Crippen molar-refractivity contribution in [3.05, 3.63) is 28.2 Å². The molecule has 3 nitrogen and oxygen atoms in total. The number of hydrogen-bond donors (Lipinski definition) is 1. The van der Waals surface area contributed by atoms with E-state index < -0.39 is 0 Å². The molecule has 21 heavy (non-hydrogen) atoms. The average Bonchev–Trinajstić information content (AvgIpc) is 2.51. The second kappa shape index (κ2) is 8.76. The van der Waals surface area contributed by atoms with Gasteiger partial charge in [-0.2, -0.15) is 0 Å². The SMILES string of the molecule is CCOc1ccc(Br)cc1C(CCC1CCCCO1)NC. The minimum atomic E-state index is 0.301. The molecular weight excluding hydrogens is 330 g/mol. The molecule has 0 amide bonds. The van der Waals surface area contributed by atoms with Crippen LogP contribution in [0.2, 0.25) is 0 Å². The summed E-state index contributed by atoms with van der Waals surface area (Å²) in [7, 11) is 2.02. The van der Waals surface area contributed by atoms with Crippen LogP contribution in [0.5, 0.6) is 5.75 Å². The van der Waals surface area contributed by atoms with E-state index in [9.17, 15) is 0 Å². The van der Waals surface area contributed by atoms with Crippen LogP contribution in [0.4, 0.5) is 0 Å². The normalized spacial score (nSPS) is 20.2. The first-order chi connectivity index (χ1) is 10.2. The number of ether oxygens (including phenoxy) is 2. The molecule has 1 fully saturated rings. The van der Waals surface area contributed by atoms with Gasteiger partial charge in [-0.25, -0.2) is 0 Å². The maximum atomic E-state index is 5.84. The number of rotatable bonds is 7. The van der Waals surface area contributed by atoms with E-state index in [1.54, 1.807) is 0 Å². The van der Waals surface area contributed by atoms with Gasteiger partial charge in [-0.3, -0.25) is 0 Å². The van der Waals surface area contributed by atoms with Crippen molar-refractivity contribution in [3.63, 3.8) is 0 Å². The molecular formula is C17H26BrNO2. The van der Waals surface area contributed by atoms with Crippen LogP contribution in [-0.4, -0.2) is 26.4 Å². The molecule has 1 saturated heterocycles. The van der Waals surface area contributed by atoms with Crippen molar-refractivity contribution in [1.29, 1.82) is 0 Å². The Morgan fingerprint density at radius 3 is 2.95 bits per heavy atom. The quantitative estimate of drug-likeness (QED) is 0.783. The maximum Gasteiger partial charge on any atom is 0.124 e. The topological polar surface area (TPSA) is 30.5 Å². The second-order valence-corrected chi connectivity index (χ2v) is 6.44. The fraction of sp³-hybridized carbons (Fsp3) is 0.647. The number of halogens is 1. The summed E-state index contributed by atoms with van der Waals surface area (Å²) < 4.78 is 12.7. The maximum absolute atomic E-state index is 5.84. The molecule has 1 heterocycles. The predicted molar refractivity (Wildman–Crippen MR) is 89.9 cm³/mol. The number of benzene rings is 1. The molecule has 0 aliphatic carbocycles. The first-order valence-electron chi connectivity index (χ1n) is 7.95. The van der Waals surface area contributed by atoms with Gasteiger partial charge in [0.15, 0.2) is 0 Å². The van der Waals surface area contributed by atoms with Crippen molar-refractivity contribution < 1.29 is 9.47 Å². The van der Waals surface area contributed by atoms with Gasteiger partial charge in [-0.1, -0.05) is 15.9 Å². The van der Waals surface area contributed by atoms with Crippen molar-refractivity contribution in [2.75, 3.05) is 20.3 Å². The average molecular weight is 356 g/mol. The van der Waals surface area contributed by atoms with Gasteiger partial charge in [0.2, 0.25) is 0 Å². The van der Waals surface area contributed by atoms with Crippen molar-refractivity contribution >= 4 is 15.9 Å². The van der Waals surface area contributed by atoms with Gasteiger partial charge < -0.3 is 14.8 Å². The van der Waals surface area contributed by atoms with Gasteiger partial charge >= 0.3 is 0 Å². The van der Waals surface area contributed by atoms with Gasteiger partial charge in [-0.15, -0.1) is 0 Å². The van der Waals surface area contributed by atoms with Gasteiger partial charge in [-0.05, 0) is 64.3 Å². The Kier molecular flexibility index (Phi) is 7.00. The molecule has 1 aliphatic rings. The molecule has 1 aliphatic heterocycles. The Morgan fingerprint density at radius 2 is 2.29 bits per heavy atom. The number of nitrogens with one attached hydrogen (secondary N) is 1. The van der Waals surface area contributed by atoms with Gasteiger partial charge in [0.1, 0.15) is 5.75 Å². The molecule has 118 valence electrons. The highest BCUT2D eigenvalue weighted by Gasteiger charge is 2.19. The van der Waals surface area contributed by atoms with Crippen LogP contribution >= 0.6 is 15.9 Å². The molecule has 2 rings (SSSR count). The molecule has 0 saturated carbocycles. The van der Waals surface area contributed by atoms with Crippen LogP contribution in [0.15, 0.2) is 22.7 Å². The summed E-state index contributed by atoms with van der Waals surface area (Å²) in [5, 5.41) is 3.43. The summed E-state index contributed by atoms with van der Waals surface area (Å²) in [6.45, 7) is 3.64. The third kappa shape index (κ3) is 4.97. The fourth-order valence-electron chi connectivity index (χ4n) is 2.92. The molecule has 1 aromatic rings. The van der Waals surface area contributed by atoms with E-state index in [1.807, 2.05) is 26.1 Å². The van der Waals surface area contributed by atoms with E-state index in [-0.39, 0.29) is 0 Å². The van der Waals surface area contributed by atoms with Crippen molar-refractivity contribution in [2.45, 2.75) is 51.2 Å². The standard InChI is InChI=1S/C17H26BrNO2/c1-3-20-17-10-7-13(18)12-15(17)16(19-2)9-8-14-6-4-5-11-21-14/h7,10,12,14,16,19H,3-6,8-9,11H2,1-2H3. The number of hydrogen-bond acceptors (Lipinski definition) is 3. The smallest absolute Gasteiger partial charge is 0.124 e. The van der Waals surface area contributed by atoms with E-state index in [0.717, 1.165) is 29.7 Å². The first kappa shape index (κ1) is 16.8. The third-order valence-corrected chi connectivity index (χ3v) is 4.54. The van der Waals surface area contributed by atoms with Gasteiger partial charge in [0.25, 0.3) is 0 Å². The Hall–Kier alpha value is -0.580. The second-order valence-electron chi connectivity index (χ2n) is 5.52. The molecule has 0 aromatic heterocycles. The summed E-state index contributed by atoms with van der Waals surface area (Å²) in [6.07, 6.45) is 6.31. The van der Waals surface area contributed by atoms with Crippen LogP contribution in [-0.2, 0) is 4.74 Å². The van der Waals surface area contributed by atoms with Crippen molar-refractivity contribution in [1.82, 2.24) is 5.32 Å². The van der Waals surface area contributed by atoms with Crippen LogP contribution in [0.25, 0.3) is 0 Å². The Bertz CT molecular complexity index is 433. The van der Waals surface area contributed by atoms with E-state index in [2.05, 4.69) is 27.3 Å². The molecule has 0 spiro atoms. The summed E-state index contributed by atoms with van der Waals surface area (Å²) in [6, 6.07) is 6.54. The largest absolute Gasteiger partial charge is 0.494 e. The predicted octanol–water partition coefficient (Wildman–Crippen LogP) is 4.46. The zero-order chi connectivity index (χ0) is 15.1. The Balaban J connectivity index is 2.03. The molecule has 2 unspecified atom stereocenters. The summed E-state index contributed by atoms with van der Waals surface area (Å²) in [5.41, 5.74) is 1.23. The van der Waals surface area contributed by atoms with Gasteiger partial charge in [0, 0.05) is 22.7 Å². The highest BCUT2D eigenvalue weighted by Crippen LogP contribution is 2.32. The minimum absolute atomic E-state index is 0.301. The molecule has 0 radical (unpaired) electrons. The van der Waals surface area contributed by atoms with E-state index in [0.29, 0.717) is 18.8 Å². The summed E-state index contributed by atoms with van der Waals surface area (Å²) in [4.78, 5) is 0. The lowest BCUT2D eigenvalue weighted by Crippen LogP contribution is -2.23. The monoisotopic (exact) mass is 355 g/mol. The highest BCUT2D eigenvalue weighted by molar-refractivity contribution is 9.10. The van der Waals surface area contributed by atoms with E-state index in [1.165, 1.54) is 24.8 Å². The lowest BCUT2D eigenvalue weighted by Gasteiger charge is -2.26. The van der Waals surface area contributed by atoms with E-state index >= 15 is 0 Å². The fourth-order valence-corrected chi connectivity index (χ4v) is 3.30. The van der Waals surface area contributed by atoms with Crippen molar-refractivity contribution in [3.8, 4) is 5.75 Å². The van der Waals surface area contributed by atoms with E-state index in [4.69, 9.17) is 9.47 Å². The zero-order valence-corrected chi connectivity index (χ0v) is 14.6. The zero-order valence-electron chi connectivity index (χ0n) is 13.0. The molecule has 1 N–H and O–H groups in total. The lowest BCUT2D eigenvalue weighted by molar-refractivity contribution is 0.00862. The summed E-state index contributed by atoms with van der Waals surface area (Å²) >= 11 is 3.56. The van der Waals surface area contributed by atoms with Gasteiger partial charge in [0.05, 0.1) is 12.7 Å². The van der Waals surface area contributed by atoms with Crippen LogP contribution < -0.4 is 10.1 Å². The molecule has 1 aromatic carbocycles. The van der Waals surface area contributed by atoms with Crippen LogP contribution in [0, 0.1) is 0 Å². The first-order valence-corrected chi connectivity index (χ1v) is 8.75. The third-order valence-electron chi connectivity index (χ3n) is 4.05. The molecule has 0 bridgehead atoms. The molecule has 2 atom stereocenters. The minimum Gasteiger partial charge on any atom is -0.494 e. The van der Waals surface area contributed by atoms with Crippen LogP contribution in [0.1, 0.15) is 50.6 Å². The lowest BCUT2D eigenvalue weighted by atomic mass is 9.97. The van der Waals surface area contributed by atoms with Crippen LogP contribution in [0.3, 0.4) is 0 Å².